The predicted octanol–water partition coefficient (Wildman–Crippen LogP) is 3.35. The second kappa shape index (κ2) is 6.37. The van der Waals surface area contributed by atoms with Crippen LogP contribution in [0.15, 0.2) is 56.3 Å². The number of H-pyrrole nitrogens is 1. The van der Waals surface area contributed by atoms with Crippen molar-refractivity contribution in [1.82, 2.24) is 14.9 Å². The van der Waals surface area contributed by atoms with Gasteiger partial charge in [0.25, 0.3) is 5.56 Å². The Morgan fingerprint density at radius 2 is 2.21 bits per heavy atom. The summed E-state index contributed by atoms with van der Waals surface area (Å²) < 4.78 is 6.40. The number of rotatable bonds is 3. The lowest BCUT2D eigenvalue weighted by atomic mass is 10.1. The fourth-order valence-electron chi connectivity index (χ4n) is 3.04. The van der Waals surface area contributed by atoms with Crippen LogP contribution in [-0.2, 0) is 19.5 Å². The molecule has 6 heteroatoms. The van der Waals surface area contributed by atoms with E-state index >= 15 is 0 Å². The Labute approximate surface area is 147 Å². The molecule has 3 aromatic rings. The maximum Gasteiger partial charge on any atom is 0.256 e. The number of halogens is 1. The molecule has 1 aromatic carbocycles. The van der Waals surface area contributed by atoms with Crippen LogP contribution in [0.4, 0.5) is 0 Å². The number of nitrogens with zero attached hydrogens (tertiary/aromatic N) is 2. The van der Waals surface area contributed by atoms with E-state index < -0.39 is 0 Å². The van der Waals surface area contributed by atoms with Gasteiger partial charge in [0.05, 0.1) is 17.5 Å². The zero-order chi connectivity index (χ0) is 16.5. The lowest BCUT2D eigenvalue weighted by Gasteiger charge is -2.27. The van der Waals surface area contributed by atoms with Gasteiger partial charge in [-0.05, 0) is 29.8 Å². The van der Waals surface area contributed by atoms with E-state index in [1.807, 2.05) is 12.1 Å². The van der Waals surface area contributed by atoms with Crippen molar-refractivity contribution >= 4 is 15.9 Å². The molecule has 0 amide bonds. The summed E-state index contributed by atoms with van der Waals surface area (Å²) >= 11 is 3.50. The molecule has 1 N–H and O–H groups in total. The van der Waals surface area contributed by atoms with Gasteiger partial charge in [0.1, 0.15) is 0 Å². The molecule has 0 aliphatic carbocycles. The van der Waals surface area contributed by atoms with Gasteiger partial charge in [-0.2, -0.15) is 0 Å². The number of fused-ring (bicyclic) bond motifs is 1. The van der Waals surface area contributed by atoms with Crippen molar-refractivity contribution in [3.63, 3.8) is 0 Å². The molecular weight excluding hydrogens is 370 g/mol. The maximum absolute atomic E-state index is 12.5. The molecule has 0 spiro atoms. The molecule has 122 valence electrons. The Hall–Kier alpha value is -2.18. The van der Waals surface area contributed by atoms with Crippen LogP contribution < -0.4 is 5.56 Å². The Balaban J connectivity index is 1.58. The minimum absolute atomic E-state index is 0.0784. The molecule has 1 aliphatic heterocycles. The fourth-order valence-corrected chi connectivity index (χ4v) is 3.49. The molecule has 4 rings (SSSR count). The predicted molar refractivity (Wildman–Crippen MR) is 94.5 cm³/mol. The van der Waals surface area contributed by atoms with Crippen LogP contribution in [0.25, 0.3) is 11.6 Å². The molecule has 0 radical (unpaired) electrons. The first kappa shape index (κ1) is 15.4. The number of hydrogen-bond acceptors (Lipinski definition) is 4. The highest BCUT2D eigenvalue weighted by molar-refractivity contribution is 9.10. The van der Waals surface area contributed by atoms with Gasteiger partial charge in [0.15, 0.2) is 11.6 Å². The summed E-state index contributed by atoms with van der Waals surface area (Å²) in [6.07, 6.45) is 2.34. The van der Waals surface area contributed by atoms with Gasteiger partial charge in [-0.15, -0.1) is 0 Å². The number of furan rings is 1. The highest BCUT2D eigenvalue weighted by Crippen LogP contribution is 2.21. The third-order valence-electron chi connectivity index (χ3n) is 4.20. The third-order valence-corrected chi connectivity index (χ3v) is 4.69. The Morgan fingerprint density at radius 3 is 3.00 bits per heavy atom. The highest BCUT2D eigenvalue weighted by Gasteiger charge is 2.22. The smallest absolute Gasteiger partial charge is 0.256 e. The second-order valence-corrected chi connectivity index (χ2v) is 6.82. The summed E-state index contributed by atoms with van der Waals surface area (Å²) in [6, 6.07) is 11.8. The zero-order valence-electron chi connectivity index (χ0n) is 13.0. The molecular formula is C18H16BrN3O2. The minimum Gasteiger partial charge on any atom is -0.461 e. The highest BCUT2D eigenvalue weighted by atomic mass is 79.9. The van der Waals surface area contributed by atoms with Crippen molar-refractivity contribution in [3.05, 3.63) is 74.3 Å². The van der Waals surface area contributed by atoms with Crippen LogP contribution in [0.3, 0.4) is 0 Å². The molecule has 5 nitrogen and oxygen atoms in total. The van der Waals surface area contributed by atoms with Crippen molar-refractivity contribution in [2.45, 2.75) is 19.5 Å². The van der Waals surface area contributed by atoms with Crippen molar-refractivity contribution in [1.29, 1.82) is 0 Å². The van der Waals surface area contributed by atoms with Crippen LogP contribution in [0.1, 0.15) is 16.8 Å². The molecule has 0 bridgehead atoms. The molecule has 0 unspecified atom stereocenters. The SMILES string of the molecule is O=c1[nH]c(-c2ccco2)nc2c1CN(Cc1cccc(Br)c1)CC2. The van der Waals surface area contributed by atoms with E-state index in [0.717, 1.165) is 35.2 Å². The van der Waals surface area contributed by atoms with E-state index in [9.17, 15) is 4.79 Å². The zero-order valence-corrected chi connectivity index (χ0v) is 14.5. The maximum atomic E-state index is 12.5. The van der Waals surface area contributed by atoms with E-state index in [4.69, 9.17) is 4.42 Å². The Kier molecular flexibility index (Phi) is 4.08. The second-order valence-electron chi connectivity index (χ2n) is 5.91. The summed E-state index contributed by atoms with van der Waals surface area (Å²) in [7, 11) is 0. The molecule has 3 heterocycles. The number of aromatic nitrogens is 2. The standard InChI is InChI=1S/C18H16BrN3O2/c19-13-4-1-3-12(9-13)10-22-7-6-15-14(11-22)18(23)21-17(20-15)16-5-2-8-24-16/h1-5,8-9H,6-7,10-11H2,(H,20,21,23). The van der Waals surface area contributed by atoms with Crippen LogP contribution >= 0.6 is 15.9 Å². The fraction of sp³-hybridized carbons (Fsp3) is 0.222. The topological polar surface area (TPSA) is 62.1 Å². The number of aromatic amines is 1. The van der Waals surface area contributed by atoms with Crippen molar-refractivity contribution in [2.24, 2.45) is 0 Å². The van der Waals surface area contributed by atoms with E-state index in [2.05, 4.69) is 42.9 Å². The normalized spacial score (nSPS) is 14.5. The van der Waals surface area contributed by atoms with Crippen LogP contribution in [0, 0.1) is 0 Å². The summed E-state index contributed by atoms with van der Waals surface area (Å²) in [4.78, 5) is 22.2. The summed E-state index contributed by atoms with van der Waals surface area (Å²) in [6.45, 7) is 2.31. The average Bonchev–Trinajstić information content (AvgIpc) is 3.10. The number of benzene rings is 1. The number of hydrogen-bond donors (Lipinski definition) is 1. The first-order valence-corrected chi connectivity index (χ1v) is 8.61. The van der Waals surface area contributed by atoms with Crippen molar-refractivity contribution in [2.75, 3.05) is 6.54 Å². The van der Waals surface area contributed by atoms with E-state index in [0.29, 0.717) is 18.1 Å². The van der Waals surface area contributed by atoms with Crippen LogP contribution in [0.5, 0.6) is 0 Å². The van der Waals surface area contributed by atoms with E-state index in [1.165, 1.54) is 5.56 Å². The van der Waals surface area contributed by atoms with Crippen LogP contribution in [-0.4, -0.2) is 21.4 Å². The molecule has 0 fully saturated rings. The average molecular weight is 386 g/mol. The lowest BCUT2D eigenvalue weighted by Crippen LogP contribution is -2.35. The molecule has 24 heavy (non-hydrogen) atoms. The first-order chi connectivity index (χ1) is 11.7. The van der Waals surface area contributed by atoms with E-state index in [1.54, 1.807) is 18.4 Å². The summed E-state index contributed by atoms with van der Waals surface area (Å²) in [5, 5.41) is 0. The van der Waals surface area contributed by atoms with Gasteiger partial charge in [-0.25, -0.2) is 4.98 Å². The van der Waals surface area contributed by atoms with Gasteiger partial charge in [-0.3, -0.25) is 9.69 Å². The third kappa shape index (κ3) is 3.07. The van der Waals surface area contributed by atoms with Crippen molar-refractivity contribution < 1.29 is 4.42 Å². The first-order valence-electron chi connectivity index (χ1n) is 7.82. The Bertz CT molecular complexity index is 918. The van der Waals surface area contributed by atoms with Gasteiger partial charge in [0.2, 0.25) is 0 Å². The molecule has 0 atom stereocenters. The molecule has 0 saturated carbocycles. The summed E-state index contributed by atoms with van der Waals surface area (Å²) in [5.74, 6) is 1.09. The quantitative estimate of drug-likeness (QED) is 0.750. The lowest BCUT2D eigenvalue weighted by molar-refractivity contribution is 0.242. The molecule has 2 aromatic heterocycles. The minimum atomic E-state index is -0.0784. The van der Waals surface area contributed by atoms with Gasteiger partial charge < -0.3 is 9.40 Å². The summed E-state index contributed by atoms with van der Waals surface area (Å²) in [5.41, 5.74) is 2.77. The van der Waals surface area contributed by atoms with E-state index in [-0.39, 0.29) is 5.56 Å². The van der Waals surface area contributed by atoms with Gasteiger partial charge in [0, 0.05) is 30.5 Å². The van der Waals surface area contributed by atoms with Crippen LogP contribution in [0.2, 0.25) is 0 Å². The molecule has 1 aliphatic rings. The number of nitrogens with one attached hydrogen (secondary N) is 1. The molecule has 0 saturated heterocycles. The Morgan fingerprint density at radius 1 is 1.29 bits per heavy atom. The van der Waals surface area contributed by atoms with Crippen molar-refractivity contribution in [3.8, 4) is 11.6 Å². The van der Waals surface area contributed by atoms with Gasteiger partial charge >= 0.3 is 0 Å². The largest absolute Gasteiger partial charge is 0.461 e. The monoisotopic (exact) mass is 385 g/mol. The van der Waals surface area contributed by atoms with Gasteiger partial charge in [-0.1, -0.05) is 28.1 Å².